The minimum absolute atomic E-state index is 0.0844. The molecule has 236 valence electrons. The number of hydrogen-bond donors (Lipinski definition) is 4. The first-order valence-electron chi connectivity index (χ1n) is 14.4. The van der Waals surface area contributed by atoms with Gasteiger partial charge in [-0.3, -0.25) is 9.59 Å². The molecule has 2 aliphatic heterocycles. The predicted molar refractivity (Wildman–Crippen MR) is 171 cm³/mol. The van der Waals surface area contributed by atoms with Crippen molar-refractivity contribution in [2.45, 2.75) is 31.7 Å². The fourth-order valence-corrected chi connectivity index (χ4v) is 6.72. The Hall–Kier alpha value is -5.39. The number of thiazole rings is 1. The smallest absolute Gasteiger partial charge is 0.333 e. The lowest BCUT2D eigenvalue weighted by atomic mass is 9.99. The molecular weight excluding hydrogens is 611 g/mol. The molecule has 1 aromatic heterocycles. The Bertz CT molecular complexity index is 1860. The number of nitrogen functional groups attached to an aromatic ring is 2. The number of phenols is 1. The summed E-state index contributed by atoms with van der Waals surface area (Å²) >= 11 is 1.35. The number of aromatic hydroxyl groups is 1. The predicted octanol–water partition coefficient (Wildman–Crippen LogP) is 2.49. The van der Waals surface area contributed by atoms with Crippen LogP contribution in [0.5, 0.6) is 5.75 Å². The first-order chi connectivity index (χ1) is 22.1. The van der Waals surface area contributed by atoms with Crippen molar-refractivity contribution in [3.63, 3.8) is 0 Å². The molecule has 4 aromatic rings. The van der Waals surface area contributed by atoms with E-state index in [0.717, 1.165) is 10.3 Å². The molecule has 0 radical (unpaired) electrons. The van der Waals surface area contributed by atoms with Crippen LogP contribution in [0.15, 0.2) is 60.7 Å². The van der Waals surface area contributed by atoms with Crippen LogP contribution in [0.2, 0.25) is 0 Å². The number of nitrogens with one attached hydrogen (secondary N) is 1. The molecule has 2 atom stereocenters. The van der Waals surface area contributed by atoms with E-state index in [1.807, 2.05) is 18.2 Å². The van der Waals surface area contributed by atoms with Gasteiger partial charge in [-0.1, -0.05) is 47.6 Å². The van der Waals surface area contributed by atoms with Gasteiger partial charge in [0.1, 0.15) is 23.8 Å². The Morgan fingerprint density at radius 2 is 1.91 bits per heavy atom. The molecular formula is C32H31FN8O4S. The first kappa shape index (κ1) is 30.6. The van der Waals surface area contributed by atoms with Crippen LogP contribution in [-0.4, -0.2) is 79.6 Å². The second-order valence-corrected chi connectivity index (χ2v) is 12.1. The quantitative estimate of drug-likeness (QED) is 0.130. The largest absolute Gasteiger partial charge is 0.506 e. The summed E-state index contributed by atoms with van der Waals surface area (Å²) in [5.74, 6) is 1.37. The van der Waals surface area contributed by atoms with Gasteiger partial charge in [0.15, 0.2) is 5.13 Å². The Kier molecular flexibility index (Phi) is 8.35. The Morgan fingerprint density at radius 3 is 2.65 bits per heavy atom. The number of carbonyl (C=O) groups excluding carboxylic acids is 3. The Morgan fingerprint density at radius 1 is 1.15 bits per heavy atom. The molecule has 0 spiro atoms. The summed E-state index contributed by atoms with van der Waals surface area (Å²) in [7, 11) is 0. The van der Waals surface area contributed by atoms with Crippen LogP contribution in [0.1, 0.15) is 16.7 Å². The molecule has 0 unspecified atom stereocenters. The number of urea groups is 1. The number of aromatic nitrogens is 1. The van der Waals surface area contributed by atoms with Crippen LogP contribution in [0, 0.1) is 18.2 Å². The van der Waals surface area contributed by atoms with E-state index in [-0.39, 0.29) is 62.4 Å². The second-order valence-electron chi connectivity index (χ2n) is 11.1. The number of anilines is 2. The van der Waals surface area contributed by atoms with Crippen LogP contribution in [0.25, 0.3) is 10.2 Å². The maximum absolute atomic E-state index is 14.2. The zero-order valence-electron chi connectivity index (χ0n) is 24.6. The van der Waals surface area contributed by atoms with Crippen molar-refractivity contribution in [2.24, 2.45) is 0 Å². The minimum Gasteiger partial charge on any atom is -0.506 e. The molecule has 14 heteroatoms. The number of nitrogens with two attached hydrogens (primary N) is 2. The molecule has 0 aliphatic carbocycles. The summed E-state index contributed by atoms with van der Waals surface area (Å²) in [6.45, 7) is 0.0425. The number of rotatable bonds is 8. The lowest BCUT2D eigenvalue weighted by Crippen LogP contribution is -2.66. The van der Waals surface area contributed by atoms with E-state index in [4.69, 9.17) is 17.9 Å². The van der Waals surface area contributed by atoms with E-state index in [2.05, 4.69) is 16.2 Å². The van der Waals surface area contributed by atoms with Crippen molar-refractivity contribution in [3.05, 3.63) is 83.2 Å². The normalized spacial score (nSPS) is 18.1. The molecule has 4 amide bonds. The zero-order chi connectivity index (χ0) is 32.5. The van der Waals surface area contributed by atoms with E-state index in [0.29, 0.717) is 21.8 Å². The molecule has 0 saturated carbocycles. The molecule has 2 saturated heterocycles. The number of amides is 4. The van der Waals surface area contributed by atoms with Gasteiger partial charge in [-0.15, -0.1) is 6.42 Å². The molecule has 6 N–H and O–H groups in total. The van der Waals surface area contributed by atoms with Gasteiger partial charge in [-0.25, -0.2) is 19.2 Å². The van der Waals surface area contributed by atoms with Crippen LogP contribution >= 0.6 is 11.3 Å². The topological polar surface area (TPSA) is 161 Å². The molecule has 46 heavy (non-hydrogen) atoms. The number of hydrazine groups is 1. The van der Waals surface area contributed by atoms with Gasteiger partial charge in [-0.2, -0.15) is 5.01 Å². The van der Waals surface area contributed by atoms with Gasteiger partial charge in [0, 0.05) is 19.5 Å². The molecule has 0 bridgehead atoms. The Labute approximate surface area is 268 Å². The highest BCUT2D eigenvalue weighted by Crippen LogP contribution is 2.33. The number of carbonyl (C=O) groups is 3. The van der Waals surface area contributed by atoms with Crippen LogP contribution in [0.4, 0.5) is 20.0 Å². The third-order valence-corrected chi connectivity index (χ3v) is 8.96. The van der Waals surface area contributed by atoms with Crippen molar-refractivity contribution in [1.82, 2.24) is 30.1 Å². The molecule has 2 aliphatic rings. The maximum Gasteiger partial charge on any atom is 0.333 e. The molecule has 12 nitrogen and oxygen atoms in total. The number of phenolic OH excluding ortho intramolecular Hbond substituents is 1. The van der Waals surface area contributed by atoms with Gasteiger partial charge >= 0.3 is 6.03 Å². The van der Waals surface area contributed by atoms with Gasteiger partial charge in [0.05, 0.1) is 35.5 Å². The van der Waals surface area contributed by atoms with Crippen LogP contribution in [-0.2, 0) is 29.1 Å². The third kappa shape index (κ3) is 5.97. The van der Waals surface area contributed by atoms with E-state index >= 15 is 0 Å². The number of halogens is 1. The van der Waals surface area contributed by atoms with Gasteiger partial charge in [0.25, 0.3) is 0 Å². The molecule has 3 heterocycles. The first-order valence-corrected chi connectivity index (χ1v) is 15.3. The monoisotopic (exact) mass is 642 g/mol. The SMILES string of the molecule is C#CCN(C(=O)NCc1ccc(F)cc1)N1CC(=O)N2[C@@H](Cc3ccc(O)c(N)c3)C(=O)N(Cc3cccc4sc(N)nc34)C[C@@H]21. The molecule has 2 fully saturated rings. The summed E-state index contributed by atoms with van der Waals surface area (Å²) in [5, 5.41) is 16.0. The highest BCUT2D eigenvalue weighted by Gasteiger charge is 2.52. The Balaban J connectivity index is 1.32. The van der Waals surface area contributed by atoms with Crippen LogP contribution < -0.4 is 16.8 Å². The second kappa shape index (κ2) is 12.5. The number of benzene rings is 3. The number of hydrogen-bond acceptors (Lipinski definition) is 9. The molecule has 6 rings (SSSR count). The highest BCUT2D eigenvalue weighted by atomic mass is 32.1. The van der Waals surface area contributed by atoms with Crippen molar-refractivity contribution < 1.29 is 23.9 Å². The van der Waals surface area contributed by atoms with E-state index in [1.54, 1.807) is 34.2 Å². The lowest BCUT2D eigenvalue weighted by Gasteiger charge is -2.46. The average Bonchev–Trinajstić information content (AvgIpc) is 3.58. The summed E-state index contributed by atoms with van der Waals surface area (Å²) in [5.41, 5.74) is 14.9. The number of terminal acetylenes is 1. The van der Waals surface area contributed by atoms with E-state index in [1.165, 1.54) is 39.4 Å². The average molecular weight is 643 g/mol. The fourth-order valence-electron chi connectivity index (χ4n) is 5.94. The van der Waals surface area contributed by atoms with Gasteiger partial charge < -0.3 is 31.7 Å². The van der Waals surface area contributed by atoms with E-state index < -0.39 is 24.1 Å². The van der Waals surface area contributed by atoms with Crippen LogP contribution in [0.3, 0.4) is 0 Å². The number of nitrogens with zero attached hydrogens (tertiary/aromatic N) is 5. The summed E-state index contributed by atoms with van der Waals surface area (Å²) in [6.07, 6.45) is 5.07. The minimum atomic E-state index is -0.935. The molecule has 3 aromatic carbocycles. The third-order valence-electron chi connectivity index (χ3n) is 8.11. The zero-order valence-corrected chi connectivity index (χ0v) is 25.4. The number of piperazine rings is 1. The summed E-state index contributed by atoms with van der Waals surface area (Å²) in [4.78, 5) is 48.9. The van der Waals surface area contributed by atoms with Crippen molar-refractivity contribution >= 4 is 50.2 Å². The number of para-hydroxylation sites is 1. The van der Waals surface area contributed by atoms with Crippen molar-refractivity contribution in [1.29, 1.82) is 0 Å². The fraction of sp³-hybridized carbons (Fsp3) is 0.250. The van der Waals surface area contributed by atoms with Crippen molar-refractivity contribution in [3.8, 4) is 18.1 Å². The standard InChI is InChI=1S/C32H31FN8O4S/c1-2-12-39(32(45)36-15-19-6-9-22(33)10-7-19)40-18-28(43)41-24(14-20-8-11-25(42)23(34)13-20)30(44)38(17-27(40)41)16-21-4-3-5-26-29(21)37-31(35)46-26/h1,3-11,13,24,27,42H,12,14-18,34H2,(H2,35,37)(H,36,45)/t24-,27+/m0/s1. The van der Waals surface area contributed by atoms with Gasteiger partial charge in [-0.05, 0) is 47.0 Å². The number of fused-ring (bicyclic) bond motifs is 2. The van der Waals surface area contributed by atoms with Gasteiger partial charge in [0.2, 0.25) is 11.8 Å². The lowest BCUT2D eigenvalue weighted by molar-refractivity contribution is -0.157. The summed E-state index contributed by atoms with van der Waals surface area (Å²) < 4.78 is 14.3. The highest BCUT2D eigenvalue weighted by molar-refractivity contribution is 7.22. The van der Waals surface area contributed by atoms with E-state index in [9.17, 15) is 23.9 Å². The maximum atomic E-state index is 14.2. The van der Waals surface area contributed by atoms with Crippen molar-refractivity contribution in [2.75, 3.05) is 31.1 Å². The summed E-state index contributed by atoms with van der Waals surface area (Å²) in [6, 6.07) is 14.6.